The van der Waals surface area contributed by atoms with Gasteiger partial charge in [-0.05, 0) is 55.0 Å². The summed E-state index contributed by atoms with van der Waals surface area (Å²) in [4.78, 5) is 4.93. The molecule has 0 atom stereocenters. The number of benzene rings is 1. The van der Waals surface area contributed by atoms with Crippen LogP contribution in [0.25, 0.3) is 5.57 Å². The molecule has 3 rings (SSSR count). The fraction of sp³-hybridized carbons (Fsp3) is 0.350. The second-order valence-electron chi connectivity index (χ2n) is 6.64. The first-order chi connectivity index (χ1) is 11.4. The van der Waals surface area contributed by atoms with Gasteiger partial charge in [-0.3, -0.25) is 4.98 Å². The summed E-state index contributed by atoms with van der Waals surface area (Å²) in [5, 5.41) is 0. The van der Waals surface area contributed by atoms with E-state index in [1.54, 1.807) is 12.1 Å². The molecule has 0 bridgehead atoms. The summed E-state index contributed by atoms with van der Waals surface area (Å²) in [5.41, 5.74) is 4.19. The normalized spacial score (nSPS) is 16.5. The Labute approximate surface area is 144 Å². The molecular formula is C20H23NO2S. The van der Waals surface area contributed by atoms with Crippen molar-refractivity contribution < 1.29 is 8.42 Å². The SMILES string of the molecule is Cc1ccc(/C(=C/C2CCCC2)c2ccc(S(C)(=O)=O)cc2)nc1. The highest BCUT2D eigenvalue weighted by Crippen LogP contribution is 2.32. The van der Waals surface area contributed by atoms with Crippen LogP contribution in [0, 0.1) is 12.8 Å². The highest BCUT2D eigenvalue weighted by atomic mass is 32.2. The molecular weight excluding hydrogens is 318 g/mol. The molecule has 0 saturated heterocycles. The maximum absolute atomic E-state index is 11.7. The van der Waals surface area contributed by atoms with Gasteiger partial charge in [-0.15, -0.1) is 0 Å². The summed E-state index contributed by atoms with van der Waals surface area (Å²) in [6.45, 7) is 2.03. The van der Waals surface area contributed by atoms with Crippen LogP contribution in [0.5, 0.6) is 0 Å². The van der Waals surface area contributed by atoms with E-state index in [1.165, 1.54) is 31.9 Å². The third kappa shape index (κ3) is 3.93. The van der Waals surface area contributed by atoms with Gasteiger partial charge in [0.15, 0.2) is 9.84 Å². The Kier molecular flexibility index (Phi) is 4.86. The number of aromatic nitrogens is 1. The Morgan fingerprint density at radius 2 is 1.75 bits per heavy atom. The maximum Gasteiger partial charge on any atom is 0.175 e. The van der Waals surface area contributed by atoms with Crippen molar-refractivity contribution in [2.24, 2.45) is 5.92 Å². The Morgan fingerprint density at radius 3 is 2.29 bits per heavy atom. The topological polar surface area (TPSA) is 47.0 Å². The van der Waals surface area contributed by atoms with Crippen LogP contribution in [0.1, 0.15) is 42.5 Å². The molecule has 0 spiro atoms. The summed E-state index contributed by atoms with van der Waals surface area (Å²) in [7, 11) is -3.17. The van der Waals surface area contributed by atoms with Gasteiger partial charge >= 0.3 is 0 Å². The number of sulfone groups is 1. The molecule has 0 amide bonds. The van der Waals surface area contributed by atoms with E-state index < -0.39 is 9.84 Å². The lowest BCUT2D eigenvalue weighted by Crippen LogP contribution is -1.99. The second-order valence-corrected chi connectivity index (χ2v) is 8.66. The molecule has 3 nitrogen and oxygen atoms in total. The van der Waals surface area contributed by atoms with Gasteiger partial charge in [0.1, 0.15) is 0 Å². The number of rotatable bonds is 4. The number of hydrogen-bond donors (Lipinski definition) is 0. The van der Waals surface area contributed by atoms with Crippen molar-refractivity contribution in [2.45, 2.75) is 37.5 Å². The maximum atomic E-state index is 11.7. The molecule has 1 aromatic carbocycles. The molecule has 0 N–H and O–H groups in total. The van der Waals surface area contributed by atoms with Gasteiger partial charge in [-0.25, -0.2) is 8.42 Å². The number of pyridine rings is 1. The predicted octanol–water partition coefficient (Wildman–Crippen LogP) is 4.42. The summed E-state index contributed by atoms with van der Waals surface area (Å²) < 4.78 is 23.3. The minimum atomic E-state index is -3.17. The molecule has 24 heavy (non-hydrogen) atoms. The minimum Gasteiger partial charge on any atom is -0.256 e. The first-order valence-electron chi connectivity index (χ1n) is 8.39. The van der Waals surface area contributed by atoms with E-state index in [0.717, 1.165) is 22.4 Å². The lowest BCUT2D eigenvalue weighted by molar-refractivity contribution is 0.602. The standard InChI is InChI=1S/C20H23NO2S/c1-15-7-12-20(21-14-15)19(13-16-5-3-4-6-16)17-8-10-18(11-9-17)24(2,22)23/h7-14,16H,3-6H2,1-2H3/b19-13+. The monoisotopic (exact) mass is 341 g/mol. The van der Waals surface area contributed by atoms with E-state index in [1.807, 2.05) is 31.3 Å². The zero-order valence-corrected chi connectivity index (χ0v) is 15.0. The molecule has 1 aliphatic rings. The van der Waals surface area contributed by atoms with Gasteiger partial charge < -0.3 is 0 Å². The zero-order valence-electron chi connectivity index (χ0n) is 14.2. The smallest absolute Gasteiger partial charge is 0.175 e. The first-order valence-corrected chi connectivity index (χ1v) is 10.3. The number of hydrogen-bond acceptors (Lipinski definition) is 3. The van der Waals surface area contributed by atoms with Gasteiger partial charge in [0.05, 0.1) is 10.6 Å². The van der Waals surface area contributed by atoms with Crippen LogP contribution in [0.2, 0.25) is 0 Å². The molecule has 2 aromatic rings. The zero-order chi connectivity index (χ0) is 17.2. The molecule has 1 fully saturated rings. The molecule has 1 aliphatic carbocycles. The van der Waals surface area contributed by atoms with Crippen LogP contribution in [0.15, 0.2) is 53.6 Å². The summed E-state index contributed by atoms with van der Waals surface area (Å²) in [6.07, 6.45) is 10.4. The van der Waals surface area contributed by atoms with Crippen LogP contribution in [0.3, 0.4) is 0 Å². The van der Waals surface area contributed by atoms with E-state index >= 15 is 0 Å². The lowest BCUT2D eigenvalue weighted by atomic mass is 9.96. The van der Waals surface area contributed by atoms with E-state index in [2.05, 4.69) is 17.1 Å². The molecule has 4 heteroatoms. The van der Waals surface area contributed by atoms with E-state index in [4.69, 9.17) is 0 Å². The van der Waals surface area contributed by atoms with Crippen LogP contribution in [-0.4, -0.2) is 19.7 Å². The number of nitrogens with zero attached hydrogens (tertiary/aromatic N) is 1. The minimum absolute atomic E-state index is 0.350. The third-order valence-electron chi connectivity index (χ3n) is 4.58. The second kappa shape index (κ2) is 6.89. The average Bonchev–Trinajstić information content (AvgIpc) is 3.06. The molecule has 1 heterocycles. The summed E-state index contributed by atoms with van der Waals surface area (Å²) >= 11 is 0. The molecule has 126 valence electrons. The quantitative estimate of drug-likeness (QED) is 0.827. The first kappa shape index (κ1) is 16.9. The molecule has 1 aromatic heterocycles. The summed E-state index contributed by atoms with van der Waals surface area (Å²) in [6, 6.07) is 11.2. The van der Waals surface area contributed by atoms with Crippen LogP contribution < -0.4 is 0 Å². The van der Waals surface area contributed by atoms with Crippen LogP contribution >= 0.6 is 0 Å². The van der Waals surface area contributed by atoms with Crippen LogP contribution in [0.4, 0.5) is 0 Å². The van der Waals surface area contributed by atoms with Crippen molar-refractivity contribution in [3.63, 3.8) is 0 Å². The molecule has 0 radical (unpaired) electrons. The molecule has 0 unspecified atom stereocenters. The Morgan fingerprint density at radius 1 is 1.08 bits per heavy atom. The van der Waals surface area contributed by atoms with Crippen molar-refractivity contribution in [3.05, 3.63) is 65.5 Å². The highest BCUT2D eigenvalue weighted by molar-refractivity contribution is 7.90. The Balaban J connectivity index is 2.02. The Hall–Kier alpha value is -1.94. The van der Waals surface area contributed by atoms with Crippen molar-refractivity contribution in [3.8, 4) is 0 Å². The van der Waals surface area contributed by atoms with Gasteiger partial charge in [0.2, 0.25) is 0 Å². The van der Waals surface area contributed by atoms with Crippen molar-refractivity contribution >= 4 is 15.4 Å². The van der Waals surface area contributed by atoms with E-state index in [0.29, 0.717) is 10.8 Å². The fourth-order valence-electron chi connectivity index (χ4n) is 3.20. The predicted molar refractivity (Wildman–Crippen MR) is 97.6 cm³/mol. The van der Waals surface area contributed by atoms with Gasteiger partial charge in [0, 0.05) is 18.0 Å². The van der Waals surface area contributed by atoms with Crippen molar-refractivity contribution in [2.75, 3.05) is 6.26 Å². The largest absolute Gasteiger partial charge is 0.256 e. The van der Waals surface area contributed by atoms with Crippen molar-refractivity contribution in [1.82, 2.24) is 4.98 Å². The summed E-state index contributed by atoms with van der Waals surface area (Å²) in [5.74, 6) is 0.581. The molecule has 0 aliphatic heterocycles. The van der Waals surface area contributed by atoms with E-state index in [9.17, 15) is 8.42 Å². The number of aryl methyl sites for hydroxylation is 1. The van der Waals surface area contributed by atoms with Crippen molar-refractivity contribution in [1.29, 1.82) is 0 Å². The average molecular weight is 341 g/mol. The van der Waals surface area contributed by atoms with Gasteiger partial charge in [-0.2, -0.15) is 0 Å². The van der Waals surface area contributed by atoms with Gasteiger partial charge in [-0.1, -0.05) is 37.1 Å². The van der Waals surface area contributed by atoms with E-state index in [-0.39, 0.29) is 0 Å². The lowest BCUT2D eigenvalue weighted by Gasteiger charge is -2.12. The van der Waals surface area contributed by atoms with Gasteiger partial charge in [0.25, 0.3) is 0 Å². The molecule has 1 saturated carbocycles. The van der Waals surface area contributed by atoms with Crippen LogP contribution in [-0.2, 0) is 9.84 Å². The fourth-order valence-corrected chi connectivity index (χ4v) is 3.83. The highest BCUT2D eigenvalue weighted by Gasteiger charge is 2.16. The third-order valence-corrected chi connectivity index (χ3v) is 5.71. The number of allylic oxidation sites excluding steroid dienone is 1. The Bertz CT molecular complexity index is 828.